The average Bonchev–Trinajstić information content (AvgIpc) is 2.04. The molecule has 1 saturated carbocycles. The van der Waals surface area contributed by atoms with Crippen LogP contribution in [0.15, 0.2) is 0 Å². The third-order valence-corrected chi connectivity index (χ3v) is 4.44. The normalized spacial score (nSPS) is 37.5. The second-order valence-corrected chi connectivity index (χ2v) is 5.81. The molecule has 1 rings (SSSR count). The topological polar surface area (TPSA) is 0 Å². The zero-order chi connectivity index (χ0) is 12.7. The van der Waals surface area contributed by atoms with Gasteiger partial charge in [-0.3, -0.25) is 0 Å². The van der Waals surface area contributed by atoms with Crippen LogP contribution in [0.5, 0.6) is 0 Å². The Morgan fingerprint density at radius 1 is 0.875 bits per heavy atom. The molecule has 4 unspecified atom stereocenters. The molecule has 96 valence electrons. The first kappa shape index (κ1) is 14.4. The van der Waals surface area contributed by atoms with E-state index in [-0.39, 0.29) is 12.8 Å². The van der Waals surface area contributed by atoms with Crippen LogP contribution >= 0.6 is 22.6 Å². The molecule has 0 heterocycles. The molecule has 1 fully saturated rings. The molecule has 0 saturated heterocycles. The second kappa shape index (κ2) is 4.53. The molecule has 0 bridgehead atoms. The molecular weight excluding hydrogens is 349 g/mol. The minimum atomic E-state index is -4.78. The third-order valence-electron chi connectivity index (χ3n) is 3.04. The minimum Gasteiger partial charge on any atom is -0.171 e. The fraction of sp³-hybridized carbons (Fsp3) is 1.00. The predicted octanol–water partition coefficient (Wildman–Crippen LogP) is 4.58. The highest BCUT2D eigenvalue weighted by atomic mass is 127. The standard InChI is InChI=1S/C9H11F6I/c1-4-2-3-5(16)7(9(13,14)15)6(4)8(10,11)12/h4-7H,2-3H2,1H3. The highest BCUT2D eigenvalue weighted by Crippen LogP contribution is 2.52. The summed E-state index contributed by atoms with van der Waals surface area (Å²) < 4.78 is 74.9. The van der Waals surface area contributed by atoms with E-state index in [1.165, 1.54) is 29.5 Å². The van der Waals surface area contributed by atoms with Gasteiger partial charge in [0.05, 0.1) is 11.8 Å². The summed E-state index contributed by atoms with van der Waals surface area (Å²) in [4.78, 5) is 0. The monoisotopic (exact) mass is 360 g/mol. The van der Waals surface area contributed by atoms with Crippen LogP contribution < -0.4 is 0 Å². The van der Waals surface area contributed by atoms with E-state index in [1.807, 2.05) is 0 Å². The van der Waals surface area contributed by atoms with Crippen LogP contribution in [0.4, 0.5) is 26.3 Å². The summed E-state index contributed by atoms with van der Waals surface area (Å²) in [6.07, 6.45) is -9.16. The maximum Gasteiger partial charge on any atom is 0.393 e. The zero-order valence-corrected chi connectivity index (χ0v) is 10.5. The van der Waals surface area contributed by atoms with E-state index in [0.717, 1.165) is 0 Å². The minimum absolute atomic E-state index is 0.193. The van der Waals surface area contributed by atoms with Gasteiger partial charge in [-0.2, -0.15) is 26.3 Å². The first-order valence-electron chi connectivity index (χ1n) is 4.82. The highest BCUT2D eigenvalue weighted by Gasteiger charge is 2.60. The smallest absolute Gasteiger partial charge is 0.171 e. The molecule has 1 aliphatic carbocycles. The summed E-state index contributed by atoms with van der Waals surface area (Å²) in [5, 5.41) is 0. The summed E-state index contributed by atoms with van der Waals surface area (Å²) in [6.45, 7) is 1.25. The maximum absolute atomic E-state index is 12.6. The van der Waals surface area contributed by atoms with E-state index in [9.17, 15) is 26.3 Å². The number of rotatable bonds is 0. The van der Waals surface area contributed by atoms with Crippen molar-refractivity contribution in [3.05, 3.63) is 0 Å². The molecule has 7 heteroatoms. The van der Waals surface area contributed by atoms with Gasteiger partial charge in [-0.25, -0.2) is 0 Å². The molecule has 0 radical (unpaired) electrons. The largest absolute Gasteiger partial charge is 0.393 e. The third kappa shape index (κ3) is 2.95. The Morgan fingerprint density at radius 2 is 1.31 bits per heavy atom. The molecule has 0 aromatic rings. The van der Waals surface area contributed by atoms with Crippen molar-refractivity contribution in [2.75, 3.05) is 0 Å². The summed E-state index contributed by atoms with van der Waals surface area (Å²) in [7, 11) is 0. The quantitative estimate of drug-likeness (QED) is 0.337. The Bertz CT molecular complexity index is 219. The van der Waals surface area contributed by atoms with Crippen LogP contribution in [-0.2, 0) is 0 Å². The van der Waals surface area contributed by atoms with Crippen molar-refractivity contribution >= 4 is 22.6 Å². The molecule has 0 N–H and O–H groups in total. The maximum atomic E-state index is 12.6. The number of halogens is 7. The Hall–Kier alpha value is 0.310. The molecule has 16 heavy (non-hydrogen) atoms. The van der Waals surface area contributed by atoms with Crippen molar-refractivity contribution in [1.82, 2.24) is 0 Å². The predicted molar refractivity (Wildman–Crippen MR) is 55.3 cm³/mol. The zero-order valence-electron chi connectivity index (χ0n) is 8.37. The van der Waals surface area contributed by atoms with Gasteiger partial charge in [0.2, 0.25) is 0 Å². The molecule has 0 nitrogen and oxygen atoms in total. The highest BCUT2D eigenvalue weighted by molar-refractivity contribution is 14.1. The fourth-order valence-electron chi connectivity index (χ4n) is 2.30. The lowest BCUT2D eigenvalue weighted by atomic mass is 9.72. The summed E-state index contributed by atoms with van der Waals surface area (Å²) in [6, 6.07) is 0. The van der Waals surface area contributed by atoms with Crippen molar-refractivity contribution in [3.63, 3.8) is 0 Å². The Morgan fingerprint density at radius 3 is 1.62 bits per heavy atom. The van der Waals surface area contributed by atoms with E-state index in [2.05, 4.69) is 0 Å². The Labute approximate surface area is 103 Å². The molecule has 4 atom stereocenters. The van der Waals surface area contributed by atoms with Crippen molar-refractivity contribution in [3.8, 4) is 0 Å². The number of hydrogen-bond acceptors (Lipinski definition) is 0. The summed E-state index contributed by atoms with van der Waals surface area (Å²) in [5.41, 5.74) is 0. The molecule has 0 aromatic carbocycles. The van der Waals surface area contributed by atoms with Gasteiger partial charge in [-0.1, -0.05) is 29.5 Å². The number of hydrogen-bond donors (Lipinski definition) is 0. The lowest BCUT2D eigenvalue weighted by Crippen LogP contribution is -2.49. The van der Waals surface area contributed by atoms with E-state index >= 15 is 0 Å². The molecule has 1 aliphatic rings. The first-order chi connectivity index (χ1) is 7.05. The van der Waals surface area contributed by atoms with Crippen LogP contribution in [-0.4, -0.2) is 16.3 Å². The van der Waals surface area contributed by atoms with Gasteiger partial charge in [0, 0.05) is 3.92 Å². The summed E-state index contributed by atoms with van der Waals surface area (Å²) in [5.74, 6) is -5.49. The molecule has 0 spiro atoms. The lowest BCUT2D eigenvalue weighted by molar-refractivity contribution is -0.270. The average molecular weight is 360 g/mol. The summed E-state index contributed by atoms with van der Waals surface area (Å²) >= 11 is 1.49. The van der Waals surface area contributed by atoms with Crippen LogP contribution in [0.3, 0.4) is 0 Å². The SMILES string of the molecule is CC1CCC(I)C(C(F)(F)F)C1C(F)(F)F. The molecule has 0 aliphatic heterocycles. The van der Waals surface area contributed by atoms with Crippen molar-refractivity contribution in [2.45, 2.75) is 36.0 Å². The van der Waals surface area contributed by atoms with Crippen LogP contribution in [0.25, 0.3) is 0 Å². The van der Waals surface area contributed by atoms with Gasteiger partial charge >= 0.3 is 12.4 Å². The molecule has 0 aromatic heterocycles. The van der Waals surface area contributed by atoms with E-state index in [0.29, 0.717) is 0 Å². The van der Waals surface area contributed by atoms with Gasteiger partial charge in [-0.15, -0.1) is 0 Å². The fourth-order valence-corrected chi connectivity index (χ4v) is 3.51. The van der Waals surface area contributed by atoms with Crippen molar-refractivity contribution in [1.29, 1.82) is 0 Å². The van der Waals surface area contributed by atoms with Crippen LogP contribution in [0.2, 0.25) is 0 Å². The van der Waals surface area contributed by atoms with Gasteiger partial charge in [-0.05, 0) is 18.8 Å². The van der Waals surface area contributed by atoms with Gasteiger partial charge < -0.3 is 0 Å². The molecular formula is C9H11F6I. The van der Waals surface area contributed by atoms with Gasteiger partial charge in [0.1, 0.15) is 0 Å². The Kier molecular flexibility index (Phi) is 4.07. The molecule has 0 amide bonds. The number of alkyl halides is 7. The van der Waals surface area contributed by atoms with Gasteiger partial charge in [0.15, 0.2) is 0 Å². The van der Waals surface area contributed by atoms with Crippen molar-refractivity contribution in [2.24, 2.45) is 17.8 Å². The second-order valence-electron chi connectivity index (χ2n) is 4.21. The van der Waals surface area contributed by atoms with Crippen LogP contribution in [0, 0.1) is 17.8 Å². The van der Waals surface area contributed by atoms with E-state index in [4.69, 9.17) is 0 Å². The van der Waals surface area contributed by atoms with Crippen molar-refractivity contribution < 1.29 is 26.3 Å². The van der Waals surface area contributed by atoms with Crippen LogP contribution in [0.1, 0.15) is 19.8 Å². The Balaban J connectivity index is 3.05. The first-order valence-corrected chi connectivity index (χ1v) is 6.07. The van der Waals surface area contributed by atoms with Gasteiger partial charge in [0.25, 0.3) is 0 Å². The van der Waals surface area contributed by atoms with E-state index < -0.39 is 34.0 Å². The van der Waals surface area contributed by atoms with E-state index in [1.54, 1.807) is 0 Å². The lowest BCUT2D eigenvalue weighted by Gasteiger charge is -2.41.